The van der Waals surface area contributed by atoms with Crippen LogP contribution in [-0.2, 0) is 4.79 Å². The predicted octanol–water partition coefficient (Wildman–Crippen LogP) is 4.06. The number of hydrogen-bond acceptors (Lipinski definition) is 5. The first-order chi connectivity index (χ1) is 11.8. The molecule has 2 aromatic carbocycles. The molecule has 0 unspecified atom stereocenters. The number of benzene rings is 2. The number of aromatic carboxylic acids is 1. The normalized spacial score (nSPS) is 11.0. The number of non-ortho nitro benzene ring substituents is 1. The Morgan fingerprint density at radius 3 is 2.52 bits per heavy atom. The van der Waals surface area contributed by atoms with Crippen molar-refractivity contribution < 1.29 is 24.4 Å². The number of carbonyl (C=O) groups is 2. The number of halogens is 1. The van der Waals surface area contributed by atoms with Crippen LogP contribution < -0.4 is 4.74 Å². The average Bonchev–Trinajstić information content (AvgIpc) is 2.56. The number of carboxylic acid groups (broad SMARTS) is 1. The lowest BCUT2D eigenvalue weighted by Crippen LogP contribution is -2.12. The third kappa shape index (κ3) is 4.51. The van der Waals surface area contributed by atoms with Gasteiger partial charge in [-0.25, -0.2) is 9.59 Å². The zero-order valence-electron chi connectivity index (χ0n) is 12.9. The highest BCUT2D eigenvalue weighted by molar-refractivity contribution is 9.10. The molecule has 0 amide bonds. The van der Waals surface area contributed by atoms with Crippen molar-refractivity contribution in [3.8, 4) is 5.75 Å². The van der Waals surface area contributed by atoms with Gasteiger partial charge in [-0.2, -0.15) is 0 Å². The lowest BCUT2D eigenvalue weighted by molar-refractivity contribution is -0.384. The number of nitrogens with zero attached hydrogens (tertiary/aromatic N) is 1. The summed E-state index contributed by atoms with van der Waals surface area (Å²) in [4.78, 5) is 33.5. The SMILES string of the molecule is CC(=Cc1ccccc1Br)C(=O)Oc1ccc([N+](=O)[O-])cc1C(=O)O. The zero-order chi connectivity index (χ0) is 18.6. The fourth-order valence-corrected chi connectivity index (χ4v) is 2.35. The van der Waals surface area contributed by atoms with Gasteiger partial charge in [0.2, 0.25) is 0 Å². The van der Waals surface area contributed by atoms with E-state index in [-0.39, 0.29) is 11.3 Å². The molecule has 0 saturated heterocycles. The van der Waals surface area contributed by atoms with E-state index in [1.54, 1.807) is 18.2 Å². The second-order valence-corrected chi connectivity index (χ2v) is 5.84. The third-order valence-corrected chi connectivity index (χ3v) is 3.93. The van der Waals surface area contributed by atoms with Gasteiger partial charge in [-0.3, -0.25) is 10.1 Å². The molecule has 0 bridgehead atoms. The molecule has 25 heavy (non-hydrogen) atoms. The Kier molecular flexibility index (Phi) is 5.66. The van der Waals surface area contributed by atoms with Gasteiger partial charge in [-0.15, -0.1) is 0 Å². The maximum atomic E-state index is 12.2. The van der Waals surface area contributed by atoms with E-state index < -0.39 is 28.1 Å². The molecular weight excluding hydrogens is 394 g/mol. The molecule has 7 nitrogen and oxygen atoms in total. The largest absolute Gasteiger partial charge is 0.478 e. The van der Waals surface area contributed by atoms with Crippen LogP contribution >= 0.6 is 15.9 Å². The summed E-state index contributed by atoms with van der Waals surface area (Å²) >= 11 is 3.35. The van der Waals surface area contributed by atoms with Gasteiger partial charge < -0.3 is 9.84 Å². The number of carboxylic acids is 1. The van der Waals surface area contributed by atoms with Crippen LogP contribution in [-0.4, -0.2) is 22.0 Å². The number of nitro benzene ring substituents is 1. The molecule has 0 radical (unpaired) electrons. The first-order valence-electron chi connectivity index (χ1n) is 6.96. The first-order valence-corrected chi connectivity index (χ1v) is 7.75. The Balaban J connectivity index is 2.30. The van der Waals surface area contributed by atoms with Crippen LogP contribution in [0.4, 0.5) is 5.69 Å². The van der Waals surface area contributed by atoms with Crippen molar-refractivity contribution in [2.24, 2.45) is 0 Å². The molecule has 0 fully saturated rings. The quantitative estimate of drug-likeness (QED) is 0.264. The van der Waals surface area contributed by atoms with Gasteiger partial charge in [0.05, 0.1) is 4.92 Å². The number of hydrogen-bond donors (Lipinski definition) is 1. The Labute approximate surface area is 150 Å². The van der Waals surface area contributed by atoms with E-state index in [1.165, 1.54) is 6.92 Å². The van der Waals surface area contributed by atoms with E-state index in [0.717, 1.165) is 28.2 Å². The molecule has 0 aliphatic heterocycles. The van der Waals surface area contributed by atoms with E-state index in [0.29, 0.717) is 0 Å². The van der Waals surface area contributed by atoms with Gasteiger partial charge in [0, 0.05) is 22.2 Å². The topological polar surface area (TPSA) is 107 Å². The van der Waals surface area contributed by atoms with Crippen LogP contribution in [0.2, 0.25) is 0 Å². The maximum absolute atomic E-state index is 12.2. The minimum Gasteiger partial charge on any atom is -0.478 e. The summed E-state index contributed by atoms with van der Waals surface area (Å²) in [7, 11) is 0. The summed E-state index contributed by atoms with van der Waals surface area (Å²) in [6, 6.07) is 10.2. The summed E-state index contributed by atoms with van der Waals surface area (Å²) in [5, 5.41) is 19.9. The number of esters is 1. The van der Waals surface area contributed by atoms with Crippen molar-refractivity contribution in [3.05, 3.63) is 73.8 Å². The molecule has 0 heterocycles. The van der Waals surface area contributed by atoms with Crippen molar-refractivity contribution >= 4 is 39.6 Å². The molecule has 1 N–H and O–H groups in total. The molecule has 0 aromatic heterocycles. The van der Waals surface area contributed by atoms with Gasteiger partial charge in [0.15, 0.2) is 0 Å². The monoisotopic (exact) mass is 405 g/mol. The first kappa shape index (κ1) is 18.3. The Hall–Kier alpha value is -3.00. The average molecular weight is 406 g/mol. The Morgan fingerprint density at radius 1 is 1.24 bits per heavy atom. The lowest BCUT2D eigenvalue weighted by atomic mass is 10.1. The predicted molar refractivity (Wildman–Crippen MR) is 93.5 cm³/mol. The molecule has 0 aliphatic rings. The van der Waals surface area contributed by atoms with Crippen molar-refractivity contribution in [2.45, 2.75) is 6.92 Å². The summed E-state index contributed by atoms with van der Waals surface area (Å²) in [5.74, 6) is -2.45. The zero-order valence-corrected chi connectivity index (χ0v) is 14.5. The molecule has 0 aliphatic carbocycles. The summed E-state index contributed by atoms with van der Waals surface area (Å²) in [5.41, 5.74) is 0.120. The number of carbonyl (C=O) groups excluding carboxylic acids is 1. The standard InChI is InChI=1S/C17H12BrNO6/c1-10(8-11-4-2-3-5-14(11)18)17(22)25-15-7-6-12(19(23)24)9-13(15)16(20)21/h2-9H,1H3,(H,20,21). The van der Waals surface area contributed by atoms with Crippen LogP contribution in [0, 0.1) is 10.1 Å². The van der Waals surface area contributed by atoms with E-state index in [2.05, 4.69) is 15.9 Å². The third-order valence-electron chi connectivity index (χ3n) is 3.21. The molecule has 0 spiro atoms. The molecule has 128 valence electrons. The van der Waals surface area contributed by atoms with Crippen molar-refractivity contribution in [2.75, 3.05) is 0 Å². The molecule has 8 heteroatoms. The van der Waals surface area contributed by atoms with Gasteiger partial charge >= 0.3 is 11.9 Å². The van der Waals surface area contributed by atoms with Crippen LogP contribution in [0.15, 0.2) is 52.5 Å². The van der Waals surface area contributed by atoms with Gasteiger partial charge in [0.1, 0.15) is 11.3 Å². The number of ether oxygens (including phenoxy) is 1. The van der Waals surface area contributed by atoms with E-state index in [1.807, 2.05) is 12.1 Å². The minimum atomic E-state index is -1.43. The van der Waals surface area contributed by atoms with Gasteiger partial charge in [-0.05, 0) is 30.7 Å². The van der Waals surface area contributed by atoms with Crippen molar-refractivity contribution in [1.82, 2.24) is 0 Å². The van der Waals surface area contributed by atoms with Crippen LogP contribution in [0.1, 0.15) is 22.8 Å². The molecule has 0 saturated carbocycles. The van der Waals surface area contributed by atoms with Gasteiger partial charge in [0.25, 0.3) is 5.69 Å². The minimum absolute atomic E-state index is 0.238. The smallest absolute Gasteiger partial charge is 0.339 e. The summed E-state index contributed by atoms with van der Waals surface area (Å²) in [6.07, 6.45) is 1.58. The molecule has 2 aromatic rings. The highest BCUT2D eigenvalue weighted by Crippen LogP contribution is 2.26. The van der Waals surface area contributed by atoms with E-state index in [9.17, 15) is 19.7 Å². The fourth-order valence-electron chi connectivity index (χ4n) is 1.95. The summed E-state index contributed by atoms with van der Waals surface area (Å²) < 4.78 is 5.87. The fraction of sp³-hybridized carbons (Fsp3) is 0.0588. The lowest BCUT2D eigenvalue weighted by Gasteiger charge is -2.08. The molecule has 2 rings (SSSR count). The van der Waals surface area contributed by atoms with Crippen LogP contribution in [0.3, 0.4) is 0 Å². The van der Waals surface area contributed by atoms with Crippen LogP contribution in [0.25, 0.3) is 6.08 Å². The van der Waals surface area contributed by atoms with E-state index in [4.69, 9.17) is 9.84 Å². The Morgan fingerprint density at radius 2 is 1.92 bits per heavy atom. The second-order valence-electron chi connectivity index (χ2n) is 4.98. The Bertz CT molecular complexity index is 890. The van der Waals surface area contributed by atoms with Crippen molar-refractivity contribution in [3.63, 3.8) is 0 Å². The molecular formula is C17H12BrNO6. The maximum Gasteiger partial charge on any atom is 0.339 e. The number of rotatable bonds is 5. The van der Waals surface area contributed by atoms with Crippen LogP contribution in [0.5, 0.6) is 5.75 Å². The molecule has 0 atom stereocenters. The van der Waals surface area contributed by atoms with Crippen molar-refractivity contribution in [1.29, 1.82) is 0 Å². The second kappa shape index (κ2) is 7.71. The van der Waals surface area contributed by atoms with E-state index >= 15 is 0 Å². The highest BCUT2D eigenvalue weighted by atomic mass is 79.9. The van der Waals surface area contributed by atoms with Gasteiger partial charge in [-0.1, -0.05) is 34.1 Å². The highest BCUT2D eigenvalue weighted by Gasteiger charge is 2.19. The number of nitro groups is 1. The summed E-state index contributed by atoms with van der Waals surface area (Å²) in [6.45, 7) is 1.52.